The molecule has 1 rings (SSSR count). The number of carbonyl (C=O) groups is 2. The molecule has 126 valence electrons. The second-order valence-corrected chi connectivity index (χ2v) is 5.69. The summed E-state index contributed by atoms with van der Waals surface area (Å²) in [6.07, 6.45) is 0.569. The van der Waals surface area contributed by atoms with Crippen LogP contribution in [0.5, 0.6) is 0 Å². The molecule has 0 aliphatic rings. The SMILES string of the molecule is CC(C)CC[NH2+][C@@H](CC(=O)Nc1cccc([N+](=O)[O-])c1)C(=O)[O-]. The average molecular weight is 323 g/mol. The van der Waals surface area contributed by atoms with E-state index in [2.05, 4.69) is 5.32 Å². The topological polar surface area (TPSA) is 129 Å². The van der Waals surface area contributed by atoms with Crippen LogP contribution < -0.4 is 15.7 Å². The Balaban J connectivity index is 2.60. The number of nitro groups is 1. The standard InChI is InChI=1S/C15H21N3O5/c1-10(2)6-7-16-13(15(20)21)9-14(19)17-11-4-3-5-12(8-11)18(22)23/h3-5,8,10,13,16H,6-7,9H2,1-2H3,(H,17,19)(H,20,21)/t13-/m0/s1. The normalized spacial score (nSPS) is 12.0. The van der Waals surface area contributed by atoms with Gasteiger partial charge in [-0.25, -0.2) is 0 Å². The van der Waals surface area contributed by atoms with Crippen LogP contribution >= 0.6 is 0 Å². The van der Waals surface area contributed by atoms with Crippen LogP contribution in [0.25, 0.3) is 0 Å². The number of carbonyl (C=O) groups excluding carboxylic acids is 2. The highest BCUT2D eigenvalue weighted by Gasteiger charge is 2.19. The molecule has 0 bridgehead atoms. The summed E-state index contributed by atoms with van der Waals surface area (Å²) in [6, 6.07) is 4.49. The van der Waals surface area contributed by atoms with Gasteiger partial charge in [-0.3, -0.25) is 14.9 Å². The van der Waals surface area contributed by atoms with Gasteiger partial charge in [0.15, 0.2) is 0 Å². The molecule has 3 N–H and O–H groups in total. The van der Waals surface area contributed by atoms with Crippen LogP contribution in [-0.4, -0.2) is 29.4 Å². The summed E-state index contributed by atoms with van der Waals surface area (Å²) in [5, 5.41) is 25.8. The molecule has 0 fully saturated rings. The van der Waals surface area contributed by atoms with E-state index in [1.54, 1.807) is 5.32 Å². The van der Waals surface area contributed by atoms with Gasteiger partial charge in [-0.2, -0.15) is 0 Å². The van der Waals surface area contributed by atoms with E-state index in [1.165, 1.54) is 24.3 Å². The number of aliphatic carboxylic acids is 1. The minimum Gasteiger partial charge on any atom is -0.544 e. The van der Waals surface area contributed by atoms with Crippen LogP contribution in [0.1, 0.15) is 26.7 Å². The zero-order chi connectivity index (χ0) is 17.4. The van der Waals surface area contributed by atoms with Gasteiger partial charge >= 0.3 is 0 Å². The van der Waals surface area contributed by atoms with Crippen molar-refractivity contribution in [2.45, 2.75) is 32.7 Å². The van der Waals surface area contributed by atoms with Gasteiger partial charge < -0.3 is 20.5 Å². The van der Waals surface area contributed by atoms with Crippen molar-refractivity contribution in [1.29, 1.82) is 0 Å². The van der Waals surface area contributed by atoms with Gasteiger partial charge in [-0.15, -0.1) is 0 Å². The minimum atomic E-state index is -1.30. The number of benzene rings is 1. The van der Waals surface area contributed by atoms with Crippen LogP contribution in [0.15, 0.2) is 24.3 Å². The minimum absolute atomic E-state index is 0.150. The Morgan fingerprint density at radius 3 is 2.61 bits per heavy atom. The summed E-state index contributed by atoms with van der Waals surface area (Å²) in [4.78, 5) is 33.1. The molecular formula is C15H21N3O5. The van der Waals surface area contributed by atoms with Crippen LogP contribution in [0.4, 0.5) is 11.4 Å². The summed E-state index contributed by atoms with van der Waals surface area (Å²) in [6.45, 7) is 4.63. The number of nitrogens with zero attached hydrogens (tertiary/aromatic N) is 1. The fourth-order valence-electron chi connectivity index (χ4n) is 2.00. The molecule has 0 spiro atoms. The largest absolute Gasteiger partial charge is 0.544 e. The van der Waals surface area contributed by atoms with Crippen molar-refractivity contribution in [1.82, 2.24) is 0 Å². The molecule has 8 nitrogen and oxygen atoms in total. The van der Waals surface area contributed by atoms with E-state index in [4.69, 9.17) is 0 Å². The number of nitrogens with two attached hydrogens (primary N) is 1. The van der Waals surface area contributed by atoms with Gasteiger partial charge in [0.05, 0.1) is 23.9 Å². The van der Waals surface area contributed by atoms with Crippen molar-refractivity contribution in [3.8, 4) is 0 Å². The quantitative estimate of drug-likeness (QED) is 0.474. The number of rotatable bonds is 9. The number of carboxylic acid groups (broad SMARTS) is 1. The number of quaternary nitrogens is 1. The van der Waals surface area contributed by atoms with E-state index in [9.17, 15) is 24.8 Å². The summed E-state index contributed by atoms with van der Waals surface area (Å²) < 4.78 is 0. The molecule has 0 aliphatic heterocycles. The van der Waals surface area contributed by atoms with Crippen LogP contribution in [0.3, 0.4) is 0 Å². The van der Waals surface area contributed by atoms with Gasteiger partial charge in [0.2, 0.25) is 5.91 Å². The van der Waals surface area contributed by atoms with Gasteiger partial charge in [0, 0.05) is 17.8 Å². The van der Waals surface area contributed by atoms with Crippen molar-refractivity contribution in [3.05, 3.63) is 34.4 Å². The van der Waals surface area contributed by atoms with Gasteiger partial charge in [-0.1, -0.05) is 19.9 Å². The third-order valence-electron chi connectivity index (χ3n) is 3.24. The maximum Gasteiger partial charge on any atom is 0.271 e. The maximum absolute atomic E-state index is 11.9. The van der Waals surface area contributed by atoms with E-state index in [1.807, 2.05) is 13.8 Å². The summed E-state index contributed by atoms with van der Waals surface area (Å²) in [5.41, 5.74) is 0.103. The van der Waals surface area contributed by atoms with Crippen LogP contribution in [-0.2, 0) is 9.59 Å². The Bertz CT molecular complexity index is 574. The van der Waals surface area contributed by atoms with Gasteiger partial charge in [0.1, 0.15) is 6.04 Å². The molecule has 0 unspecified atom stereocenters. The van der Waals surface area contributed by atoms with Crippen molar-refractivity contribution in [2.75, 3.05) is 11.9 Å². The monoisotopic (exact) mass is 323 g/mol. The summed E-state index contributed by atoms with van der Waals surface area (Å²) in [5.74, 6) is -1.39. The Morgan fingerprint density at radius 2 is 2.04 bits per heavy atom. The molecule has 0 heterocycles. The molecule has 1 atom stereocenters. The lowest BCUT2D eigenvalue weighted by Gasteiger charge is -2.17. The maximum atomic E-state index is 11.9. The van der Waals surface area contributed by atoms with Gasteiger partial charge in [0.25, 0.3) is 5.69 Å². The summed E-state index contributed by atoms with van der Waals surface area (Å²) >= 11 is 0. The molecule has 0 saturated heterocycles. The van der Waals surface area contributed by atoms with Crippen LogP contribution in [0.2, 0.25) is 0 Å². The van der Waals surface area contributed by atoms with E-state index >= 15 is 0 Å². The number of hydrogen-bond donors (Lipinski definition) is 2. The smallest absolute Gasteiger partial charge is 0.271 e. The number of anilines is 1. The Hall–Kier alpha value is -2.48. The first kappa shape index (κ1) is 18.6. The second-order valence-electron chi connectivity index (χ2n) is 5.69. The fraction of sp³-hybridized carbons (Fsp3) is 0.467. The van der Waals surface area contributed by atoms with Crippen molar-refractivity contribution in [3.63, 3.8) is 0 Å². The number of non-ortho nitro benzene ring substituents is 1. The predicted octanol–water partition coefficient (Wildman–Crippen LogP) is -0.349. The predicted molar refractivity (Wildman–Crippen MR) is 81.4 cm³/mol. The molecule has 0 aliphatic carbocycles. The third kappa shape index (κ3) is 6.88. The van der Waals surface area contributed by atoms with Crippen molar-refractivity contribution < 1.29 is 24.9 Å². The zero-order valence-electron chi connectivity index (χ0n) is 13.2. The average Bonchev–Trinajstić information content (AvgIpc) is 2.45. The first-order valence-corrected chi connectivity index (χ1v) is 7.38. The fourth-order valence-corrected chi connectivity index (χ4v) is 2.00. The van der Waals surface area contributed by atoms with E-state index in [0.717, 1.165) is 6.42 Å². The van der Waals surface area contributed by atoms with Crippen molar-refractivity contribution in [2.24, 2.45) is 5.92 Å². The van der Waals surface area contributed by atoms with Crippen LogP contribution in [0, 0.1) is 16.0 Å². The molecule has 0 aromatic heterocycles. The molecular weight excluding hydrogens is 302 g/mol. The number of carboxylic acids is 1. The number of hydrogen-bond acceptors (Lipinski definition) is 5. The molecule has 1 amide bonds. The second kappa shape index (κ2) is 8.84. The van der Waals surface area contributed by atoms with Gasteiger partial charge in [-0.05, 0) is 18.4 Å². The highest BCUT2D eigenvalue weighted by molar-refractivity contribution is 5.93. The third-order valence-corrected chi connectivity index (χ3v) is 3.24. The van der Waals surface area contributed by atoms with E-state index < -0.39 is 22.8 Å². The lowest BCUT2D eigenvalue weighted by Crippen LogP contribution is -2.93. The summed E-state index contributed by atoms with van der Waals surface area (Å²) in [7, 11) is 0. The molecule has 0 radical (unpaired) electrons. The molecule has 8 heteroatoms. The highest BCUT2D eigenvalue weighted by atomic mass is 16.6. The zero-order valence-corrected chi connectivity index (χ0v) is 13.2. The molecule has 1 aromatic rings. The first-order valence-electron chi connectivity index (χ1n) is 7.38. The van der Waals surface area contributed by atoms with E-state index in [0.29, 0.717) is 12.5 Å². The highest BCUT2D eigenvalue weighted by Crippen LogP contribution is 2.17. The lowest BCUT2D eigenvalue weighted by atomic mass is 10.1. The molecule has 0 saturated carbocycles. The van der Waals surface area contributed by atoms with E-state index in [-0.39, 0.29) is 17.8 Å². The molecule has 1 aromatic carbocycles. The van der Waals surface area contributed by atoms with Crippen molar-refractivity contribution >= 4 is 23.3 Å². The Kier molecular flexibility index (Phi) is 7.14. The Labute approximate surface area is 134 Å². The Morgan fingerprint density at radius 1 is 1.35 bits per heavy atom. The first-order chi connectivity index (χ1) is 10.8. The number of nitro benzene ring substituents is 1. The lowest BCUT2D eigenvalue weighted by molar-refractivity contribution is -0.683. The number of nitrogens with one attached hydrogen (secondary N) is 1. The number of amides is 1. The molecule has 23 heavy (non-hydrogen) atoms.